The SMILES string of the molecule is CC(C)CC(C(N)=O)N1C(=O)N[C@@H](C(C)C)C1=O. The molecule has 0 aliphatic carbocycles. The number of amides is 4. The molecule has 1 unspecified atom stereocenters. The van der Waals surface area contributed by atoms with E-state index in [1.807, 2.05) is 27.7 Å². The molecule has 6 nitrogen and oxygen atoms in total. The van der Waals surface area contributed by atoms with E-state index in [-0.39, 0.29) is 17.7 Å². The molecule has 0 aromatic rings. The molecule has 102 valence electrons. The topological polar surface area (TPSA) is 92.5 Å². The van der Waals surface area contributed by atoms with Crippen molar-refractivity contribution in [3.8, 4) is 0 Å². The van der Waals surface area contributed by atoms with Crippen LogP contribution in [-0.2, 0) is 9.59 Å². The minimum atomic E-state index is -0.860. The summed E-state index contributed by atoms with van der Waals surface area (Å²) in [5.41, 5.74) is 5.30. The van der Waals surface area contributed by atoms with Gasteiger partial charge in [-0.15, -0.1) is 0 Å². The van der Waals surface area contributed by atoms with Gasteiger partial charge in [-0.2, -0.15) is 0 Å². The largest absolute Gasteiger partial charge is 0.368 e. The Morgan fingerprint density at radius 1 is 1.33 bits per heavy atom. The van der Waals surface area contributed by atoms with E-state index in [9.17, 15) is 14.4 Å². The van der Waals surface area contributed by atoms with Gasteiger partial charge in [0.15, 0.2) is 0 Å². The smallest absolute Gasteiger partial charge is 0.325 e. The van der Waals surface area contributed by atoms with Gasteiger partial charge in [0.2, 0.25) is 5.91 Å². The number of nitrogens with one attached hydrogen (secondary N) is 1. The van der Waals surface area contributed by atoms with Crippen LogP contribution in [-0.4, -0.2) is 34.8 Å². The molecule has 1 rings (SSSR count). The Morgan fingerprint density at radius 2 is 1.89 bits per heavy atom. The van der Waals surface area contributed by atoms with Gasteiger partial charge >= 0.3 is 6.03 Å². The average molecular weight is 255 g/mol. The maximum Gasteiger partial charge on any atom is 0.325 e. The van der Waals surface area contributed by atoms with Gasteiger partial charge in [0, 0.05) is 0 Å². The molecule has 2 atom stereocenters. The Kier molecular flexibility index (Phi) is 4.32. The van der Waals surface area contributed by atoms with Crippen molar-refractivity contribution >= 4 is 17.8 Å². The lowest BCUT2D eigenvalue weighted by molar-refractivity contribution is -0.135. The van der Waals surface area contributed by atoms with Crippen LogP contribution >= 0.6 is 0 Å². The monoisotopic (exact) mass is 255 g/mol. The quantitative estimate of drug-likeness (QED) is 0.699. The van der Waals surface area contributed by atoms with Gasteiger partial charge in [-0.3, -0.25) is 9.59 Å². The lowest BCUT2D eigenvalue weighted by Gasteiger charge is -2.24. The molecule has 4 amide bonds. The number of nitrogens with two attached hydrogens (primary N) is 1. The van der Waals surface area contributed by atoms with Crippen molar-refractivity contribution < 1.29 is 14.4 Å². The van der Waals surface area contributed by atoms with E-state index in [0.717, 1.165) is 4.90 Å². The summed E-state index contributed by atoms with van der Waals surface area (Å²) < 4.78 is 0. The van der Waals surface area contributed by atoms with E-state index in [1.54, 1.807) is 0 Å². The van der Waals surface area contributed by atoms with Crippen LogP contribution in [0.15, 0.2) is 0 Å². The summed E-state index contributed by atoms with van der Waals surface area (Å²) in [6, 6.07) is -1.95. The summed E-state index contributed by atoms with van der Waals surface area (Å²) in [5.74, 6) is -0.851. The van der Waals surface area contributed by atoms with Gasteiger partial charge < -0.3 is 11.1 Å². The molecule has 1 aliphatic heterocycles. The molecule has 0 bridgehead atoms. The first-order chi connectivity index (χ1) is 8.25. The lowest BCUT2D eigenvalue weighted by Crippen LogP contribution is -2.49. The predicted molar refractivity (Wildman–Crippen MR) is 66.4 cm³/mol. The number of nitrogens with zero attached hydrogens (tertiary/aromatic N) is 1. The van der Waals surface area contributed by atoms with Gasteiger partial charge in [0.25, 0.3) is 5.91 Å². The molecule has 0 radical (unpaired) electrons. The highest BCUT2D eigenvalue weighted by Gasteiger charge is 2.45. The van der Waals surface area contributed by atoms with Crippen LogP contribution in [0.3, 0.4) is 0 Å². The standard InChI is InChI=1S/C12H21N3O3/c1-6(2)5-8(10(13)16)15-11(17)9(7(3)4)14-12(15)18/h6-9H,5H2,1-4H3,(H2,13,16)(H,14,18)/t8?,9-/m0/s1. The van der Waals surface area contributed by atoms with Gasteiger partial charge in [0.05, 0.1) is 0 Å². The second-order valence-electron chi connectivity index (χ2n) is 5.43. The maximum atomic E-state index is 12.1. The van der Waals surface area contributed by atoms with Crippen LogP contribution < -0.4 is 11.1 Å². The number of rotatable bonds is 5. The minimum Gasteiger partial charge on any atom is -0.368 e. The zero-order chi connectivity index (χ0) is 14.0. The Bertz CT molecular complexity index is 366. The summed E-state index contributed by atoms with van der Waals surface area (Å²) >= 11 is 0. The Labute approximate surface area is 107 Å². The maximum absolute atomic E-state index is 12.1. The highest BCUT2D eigenvalue weighted by Crippen LogP contribution is 2.20. The average Bonchev–Trinajstić information content (AvgIpc) is 2.51. The van der Waals surface area contributed by atoms with Crippen LogP contribution in [0.4, 0.5) is 4.79 Å². The normalized spacial score (nSPS) is 21.7. The van der Waals surface area contributed by atoms with Crippen LogP contribution in [0.1, 0.15) is 34.1 Å². The molecule has 0 spiro atoms. The molecule has 1 heterocycles. The molecule has 18 heavy (non-hydrogen) atoms. The van der Waals surface area contributed by atoms with E-state index in [0.29, 0.717) is 6.42 Å². The molecule has 0 saturated carbocycles. The number of urea groups is 1. The third-order valence-corrected chi connectivity index (χ3v) is 3.00. The summed E-state index contributed by atoms with van der Waals surface area (Å²) in [4.78, 5) is 36.3. The first kappa shape index (κ1) is 14.5. The fourth-order valence-corrected chi connectivity index (χ4v) is 2.06. The summed E-state index contributed by atoms with van der Waals surface area (Å²) in [6.45, 7) is 7.50. The molecule has 1 fully saturated rings. The van der Waals surface area contributed by atoms with Gasteiger partial charge in [-0.1, -0.05) is 27.7 Å². The number of imide groups is 1. The van der Waals surface area contributed by atoms with Gasteiger partial charge in [-0.25, -0.2) is 9.69 Å². The molecule has 1 aliphatic rings. The van der Waals surface area contributed by atoms with Crippen molar-refractivity contribution in [2.75, 3.05) is 0 Å². The highest BCUT2D eigenvalue weighted by atomic mass is 16.2. The number of hydrogen-bond acceptors (Lipinski definition) is 3. The van der Waals surface area contributed by atoms with E-state index in [2.05, 4.69) is 5.32 Å². The Hall–Kier alpha value is -1.59. The Balaban J connectivity index is 2.95. The van der Waals surface area contributed by atoms with Crippen LogP contribution in [0.25, 0.3) is 0 Å². The molecular weight excluding hydrogens is 234 g/mol. The van der Waals surface area contributed by atoms with Gasteiger partial charge in [-0.05, 0) is 18.3 Å². The predicted octanol–water partition coefficient (Wildman–Crippen LogP) is 0.463. The van der Waals surface area contributed by atoms with Crippen molar-refractivity contribution in [2.24, 2.45) is 17.6 Å². The second-order valence-corrected chi connectivity index (χ2v) is 5.43. The molecule has 3 N–H and O–H groups in total. The van der Waals surface area contributed by atoms with Gasteiger partial charge in [0.1, 0.15) is 12.1 Å². The molecule has 0 aromatic heterocycles. The zero-order valence-electron chi connectivity index (χ0n) is 11.3. The van der Waals surface area contributed by atoms with Crippen LogP contribution in [0.2, 0.25) is 0 Å². The van der Waals surface area contributed by atoms with E-state index in [4.69, 9.17) is 5.73 Å². The molecule has 1 saturated heterocycles. The number of carbonyl (C=O) groups is 3. The lowest BCUT2D eigenvalue weighted by atomic mass is 10.0. The van der Waals surface area contributed by atoms with E-state index >= 15 is 0 Å². The first-order valence-corrected chi connectivity index (χ1v) is 6.18. The first-order valence-electron chi connectivity index (χ1n) is 6.18. The minimum absolute atomic E-state index is 0.0148. The zero-order valence-corrected chi connectivity index (χ0v) is 11.3. The summed E-state index contributed by atoms with van der Waals surface area (Å²) in [6.07, 6.45) is 0.388. The highest BCUT2D eigenvalue weighted by molar-refractivity contribution is 6.07. The Morgan fingerprint density at radius 3 is 2.22 bits per heavy atom. The van der Waals surface area contributed by atoms with Crippen molar-refractivity contribution in [1.82, 2.24) is 10.2 Å². The summed E-state index contributed by atoms with van der Waals surface area (Å²) in [7, 11) is 0. The number of carbonyl (C=O) groups excluding carboxylic acids is 3. The van der Waals surface area contributed by atoms with E-state index in [1.165, 1.54) is 0 Å². The second kappa shape index (κ2) is 5.37. The van der Waals surface area contributed by atoms with Crippen LogP contribution in [0, 0.1) is 11.8 Å². The van der Waals surface area contributed by atoms with Crippen molar-refractivity contribution in [2.45, 2.75) is 46.2 Å². The number of primary amides is 1. The third kappa shape index (κ3) is 2.80. The van der Waals surface area contributed by atoms with E-state index < -0.39 is 24.0 Å². The van der Waals surface area contributed by atoms with Crippen molar-refractivity contribution in [3.05, 3.63) is 0 Å². The van der Waals surface area contributed by atoms with Crippen LogP contribution in [0.5, 0.6) is 0 Å². The number of hydrogen-bond donors (Lipinski definition) is 2. The van der Waals surface area contributed by atoms with Crippen molar-refractivity contribution in [1.29, 1.82) is 0 Å². The fourth-order valence-electron chi connectivity index (χ4n) is 2.06. The third-order valence-electron chi connectivity index (χ3n) is 3.00. The molecular formula is C12H21N3O3. The molecule has 0 aromatic carbocycles. The molecule has 6 heteroatoms. The summed E-state index contributed by atoms with van der Waals surface area (Å²) in [5, 5.41) is 2.59. The fraction of sp³-hybridized carbons (Fsp3) is 0.750. The van der Waals surface area contributed by atoms with Crippen molar-refractivity contribution in [3.63, 3.8) is 0 Å².